The van der Waals surface area contributed by atoms with Gasteiger partial charge in [-0.15, -0.1) is 0 Å². The van der Waals surface area contributed by atoms with Gasteiger partial charge in [-0.3, -0.25) is 0 Å². The monoisotopic (exact) mass is 662 g/mol. The maximum absolute atomic E-state index is 6.17. The van der Waals surface area contributed by atoms with Crippen LogP contribution in [0, 0.1) is 5.92 Å². The molecule has 3 heterocycles. The number of furan rings is 1. The van der Waals surface area contributed by atoms with Gasteiger partial charge in [0.1, 0.15) is 11.3 Å². The number of rotatable bonds is 18. The quantitative estimate of drug-likeness (QED) is 0.0989. The van der Waals surface area contributed by atoms with Gasteiger partial charge in [0.2, 0.25) is 0 Å². The molecule has 0 radical (unpaired) electrons. The van der Waals surface area contributed by atoms with Gasteiger partial charge in [-0.25, -0.2) is 0 Å². The number of hydrogen-bond donors (Lipinski definition) is 0. The molecule has 0 saturated carbocycles. The third-order valence-electron chi connectivity index (χ3n) is 9.80. The van der Waals surface area contributed by atoms with E-state index in [4.69, 9.17) is 4.42 Å². The molecule has 0 aliphatic heterocycles. The molecular formula is C47H54N2O. The molecule has 1 aromatic carbocycles. The Morgan fingerprint density at radius 2 is 1.60 bits per heavy atom. The fourth-order valence-electron chi connectivity index (χ4n) is 6.39. The molecule has 3 nitrogen and oxygen atoms in total. The minimum absolute atomic E-state index is 0.339. The fourth-order valence-corrected chi connectivity index (χ4v) is 6.39. The van der Waals surface area contributed by atoms with E-state index in [0.29, 0.717) is 18.4 Å². The lowest BCUT2D eigenvalue weighted by Gasteiger charge is -2.29. The highest BCUT2D eigenvalue weighted by molar-refractivity contribution is 5.83. The first-order valence-electron chi connectivity index (χ1n) is 18.1. The number of fused-ring (bicyclic) bond motifs is 2. The molecule has 3 heteroatoms. The van der Waals surface area contributed by atoms with Crippen molar-refractivity contribution in [1.82, 2.24) is 9.30 Å². The van der Waals surface area contributed by atoms with Crippen LogP contribution in [0.4, 0.5) is 0 Å². The molecule has 5 rings (SSSR count). The Bertz CT molecular complexity index is 1930. The van der Waals surface area contributed by atoms with E-state index in [1.807, 2.05) is 18.2 Å². The van der Waals surface area contributed by atoms with Crippen molar-refractivity contribution in [2.24, 2.45) is 5.92 Å². The van der Waals surface area contributed by atoms with E-state index < -0.39 is 0 Å². The first-order valence-corrected chi connectivity index (χ1v) is 18.1. The number of pyridine rings is 1. The highest BCUT2D eigenvalue weighted by Gasteiger charge is 2.18. The van der Waals surface area contributed by atoms with E-state index in [2.05, 4.69) is 148 Å². The summed E-state index contributed by atoms with van der Waals surface area (Å²) in [7, 11) is 0. The van der Waals surface area contributed by atoms with Gasteiger partial charge in [0.05, 0.1) is 0 Å². The zero-order chi connectivity index (χ0) is 35.6. The number of allylic oxidation sites excluding steroid dienone is 11. The van der Waals surface area contributed by atoms with E-state index >= 15 is 0 Å². The van der Waals surface area contributed by atoms with Crippen molar-refractivity contribution in [3.8, 4) is 0 Å². The molecule has 0 saturated heterocycles. The van der Waals surface area contributed by atoms with E-state index in [0.717, 1.165) is 95.2 Å². The maximum atomic E-state index is 6.17. The molecule has 50 heavy (non-hydrogen) atoms. The van der Waals surface area contributed by atoms with Gasteiger partial charge >= 0.3 is 0 Å². The van der Waals surface area contributed by atoms with Crippen molar-refractivity contribution in [2.75, 3.05) is 6.54 Å². The molecule has 0 bridgehead atoms. The Labute approximate surface area is 300 Å². The molecule has 3 aromatic heterocycles. The SMILES string of the molecule is C=C(CCC(=C)C(=C)CCC(C)C)C(=C)CCC(=C)N(C/C=C\C(=C/C)c1cc2ccccc2o1)C1=CCC(c2cc3ccccn3c2)C=C1. The second-order valence-corrected chi connectivity index (χ2v) is 14.0. The van der Waals surface area contributed by atoms with Gasteiger partial charge in [-0.2, -0.15) is 0 Å². The first kappa shape index (κ1) is 36.3. The van der Waals surface area contributed by atoms with E-state index in [1.54, 1.807) is 0 Å². The molecule has 0 spiro atoms. The average molecular weight is 663 g/mol. The van der Waals surface area contributed by atoms with Gasteiger partial charge in [0.25, 0.3) is 0 Å². The predicted octanol–water partition coefficient (Wildman–Crippen LogP) is 13.3. The Morgan fingerprint density at radius 1 is 0.900 bits per heavy atom. The van der Waals surface area contributed by atoms with Crippen molar-refractivity contribution >= 4 is 22.1 Å². The topological polar surface area (TPSA) is 20.8 Å². The highest BCUT2D eigenvalue weighted by atomic mass is 16.3. The molecular weight excluding hydrogens is 609 g/mol. The van der Waals surface area contributed by atoms with Gasteiger partial charge in [-0.05, 0) is 99.8 Å². The summed E-state index contributed by atoms with van der Waals surface area (Å²) < 4.78 is 8.37. The third kappa shape index (κ3) is 9.36. The number of para-hydroxylation sites is 1. The normalized spacial score (nSPS) is 14.8. The Balaban J connectivity index is 1.24. The molecule has 1 aliphatic rings. The molecule has 4 aromatic rings. The largest absolute Gasteiger partial charge is 0.456 e. The van der Waals surface area contributed by atoms with Crippen molar-refractivity contribution < 1.29 is 4.42 Å². The first-order chi connectivity index (χ1) is 24.1. The van der Waals surface area contributed by atoms with Gasteiger partial charge in [0, 0.05) is 52.7 Å². The standard InChI is InChI=1S/C47H54N2O/c1-9-40(47-32-42-15-10-11-18-46(42)50-47)16-14-30-49(44-27-25-41(26-28-44)43-31-45-17-12-13-29-48(45)33-43)39(8)24-23-38(7)37(6)22-21-36(5)35(4)20-19-34(2)3/h9-18,25,27-29,31-34,41H,4-8,19-24,26,30H2,1-3H3/b16-14-,40-9+. The summed E-state index contributed by atoms with van der Waals surface area (Å²) >= 11 is 0. The van der Waals surface area contributed by atoms with Crippen molar-refractivity contribution in [2.45, 2.75) is 71.6 Å². The number of benzene rings is 1. The van der Waals surface area contributed by atoms with E-state index in [-0.39, 0.29) is 0 Å². The highest BCUT2D eigenvalue weighted by Crippen LogP contribution is 2.32. The van der Waals surface area contributed by atoms with Crippen LogP contribution in [0.1, 0.15) is 83.0 Å². The average Bonchev–Trinajstić information content (AvgIpc) is 3.76. The number of hydrogen-bond acceptors (Lipinski definition) is 2. The molecule has 1 atom stereocenters. The zero-order valence-electron chi connectivity index (χ0n) is 30.5. The van der Waals surface area contributed by atoms with Crippen LogP contribution < -0.4 is 0 Å². The van der Waals surface area contributed by atoms with Crippen LogP contribution in [0.2, 0.25) is 0 Å². The van der Waals surface area contributed by atoms with Crippen molar-refractivity contribution in [1.29, 1.82) is 0 Å². The van der Waals surface area contributed by atoms with Crippen molar-refractivity contribution in [3.05, 3.63) is 181 Å². The molecule has 1 unspecified atom stereocenters. The predicted molar refractivity (Wildman–Crippen MR) is 216 cm³/mol. The summed E-state index contributed by atoms with van der Waals surface area (Å²) in [5, 5.41) is 1.11. The van der Waals surface area contributed by atoms with Crippen LogP contribution in [-0.4, -0.2) is 15.8 Å². The molecule has 258 valence electrons. The van der Waals surface area contributed by atoms with E-state index in [9.17, 15) is 0 Å². The Morgan fingerprint density at radius 3 is 2.26 bits per heavy atom. The zero-order valence-corrected chi connectivity index (χ0v) is 30.5. The van der Waals surface area contributed by atoms with Crippen LogP contribution in [0.15, 0.2) is 174 Å². The van der Waals surface area contributed by atoms with Gasteiger partial charge < -0.3 is 13.7 Å². The van der Waals surface area contributed by atoms with Gasteiger partial charge in [-0.1, -0.05) is 124 Å². The third-order valence-corrected chi connectivity index (χ3v) is 9.80. The number of nitrogens with zero attached hydrogens (tertiary/aromatic N) is 2. The lowest BCUT2D eigenvalue weighted by molar-refractivity contribution is 0.461. The lowest BCUT2D eigenvalue weighted by Crippen LogP contribution is -2.22. The molecule has 0 fully saturated rings. The van der Waals surface area contributed by atoms with Crippen LogP contribution in [0.25, 0.3) is 22.1 Å². The second-order valence-electron chi connectivity index (χ2n) is 14.0. The smallest absolute Gasteiger partial charge is 0.135 e. The molecule has 1 aliphatic carbocycles. The minimum atomic E-state index is 0.339. The summed E-state index contributed by atoms with van der Waals surface area (Å²) in [6.07, 6.45) is 24.2. The summed E-state index contributed by atoms with van der Waals surface area (Å²) in [6.45, 7) is 29.2. The Hall–Kier alpha value is -5.02. The van der Waals surface area contributed by atoms with Gasteiger partial charge in [0.15, 0.2) is 0 Å². The van der Waals surface area contributed by atoms with E-state index in [1.165, 1.54) is 16.8 Å². The number of aromatic nitrogens is 1. The molecule has 0 amide bonds. The fraction of sp³-hybridized carbons (Fsp3) is 0.277. The maximum Gasteiger partial charge on any atom is 0.135 e. The summed E-state index contributed by atoms with van der Waals surface area (Å²) in [5.74, 6) is 1.88. The molecule has 0 N–H and O–H groups in total. The van der Waals surface area contributed by atoms with Crippen LogP contribution in [-0.2, 0) is 0 Å². The lowest BCUT2D eigenvalue weighted by atomic mass is 9.92. The second kappa shape index (κ2) is 17.1. The van der Waals surface area contributed by atoms with Crippen LogP contribution >= 0.6 is 0 Å². The summed E-state index contributed by atoms with van der Waals surface area (Å²) in [5.41, 5.74) is 11.2. The minimum Gasteiger partial charge on any atom is -0.456 e. The van der Waals surface area contributed by atoms with Crippen LogP contribution in [0.3, 0.4) is 0 Å². The van der Waals surface area contributed by atoms with Crippen LogP contribution in [0.5, 0.6) is 0 Å². The summed E-state index contributed by atoms with van der Waals surface area (Å²) in [6, 6.07) is 18.9. The summed E-state index contributed by atoms with van der Waals surface area (Å²) in [4.78, 5) is 2.34. The Kier molecular flexibility index (Phi) is 12.4. The van der Waals surface area contributed by atoms with Crippen molar-refractivity contribution in [3.63, 3.8) is 0 Å².